The number of likely N-dealkylation sites (tertiary alicyclic amines) is 1. The molecule has 0 bridgehead atoms. The lowest BCUT2D eigenvalue weighted by Gasteiger charge is -2.40. The van der Waals surface area contributed by atoms with Crippen LogP contribution in [-0.2, 0) is 4.74 Å². The minimum Gasteiger partial charge on any atom is -0.396 e. The molecule has 1 N–H and O–H groups in total. The number of carbonyl (C=O) groups is 1. The molecule has 0 unspecified atom stereocenters. The second-order valence-corrected chi connectivity index (χ2v) is 6.97. The van der Waals surface area contributed by atoms with Gasteiger partial charge < -0.3 is 19.3 Å². The highest BCUT2D eigenvalue weighted by Gasteiger charge is 2.33. The molecule has 0 spiro atoms. The summed E-state index contributed by atoms with van der Waals surface area (Å²) in [7, 11) is 0. The highest BCUT2D eigenvalue weighted by molar-refractivity contribution is 5.96. The van der Waals surface area contributed by atoms with Crippen LogP contribution in [0.3, 0.4) is 0 Å². The van der Waals surface area contributed by atoms with E-state index in [1.807, 2.05) is 4.90 Å². The van der Waals surface area contributed by atoms with Gasteiger partial charge in [-0.3, -0.25) is 9.69 Å². The van der Waals surface area contributed by atoms with Crippen LogP contribution in [0.2, 0.25) is 0 Å². The molecular formula is C17H27N3O4. The molecule has 2 fully saturated rings. The van der Waals surface area contributed by atoms with Gasteiger partial charge in [-0.15, -0.1) is 0 Å². The normalized spacial score (nSPS) is 25.9. The zero-order valence-electron chi connectivity index (χ0n) is 14.5. The van der Waals surface area contributed by atoms with E-state index in [1.165, 1.54) is 0 Å². The van der Waals surface area contributed by atoms with Gasteiger partial charge in [0.15, 0.2) is 0 Å². The summed E-state index contributed by atoms with van der Waals surface area (Å²) in [6.45, 7) is 9.38. The number of aromatic nitrogens is 1. The van der Waals surface area contributed by atoms with E-state index in [0.29, 0.717) is 29.5 Å². The Balaban J connectivity index is 1.69. The first-order valence-electron chi connectivity index (χ1n) is 8.71. The molecule has 0 saturated carbocycles. The van der Waals surface area contributed by atoms with E-state index < -0.39 is 0 Å². The maximum atomic E-state index is 12.9. The van der Waals surface area contributed by atoms with Gasteiger partial charge in [0.1, 0.15) is 11.3 Å². The monoisotopic (exact) mass is 337 g/mol. The molecule has 134 valence electrons. The fraction of sp³-hybridized carbons (Fsp3) is 0.765. The molecule has 1 aromatic rings. The van der Waals surface area contributed by atoms with Crippen molar-refractivity contribution in [2.24, 2.45) is 11.8 Å². The van der Waals surface area contributed by atoms with Crippen molar-refractivity contribution in [1.82, 2.24) is 15.0 Å². The minimum atomic E-state index is -0.0311. The van der Waals surface area contributed by atoms with Gasteiger partial charge in [0.2, 0.25) is 0 Å². The van der Waals surface area contributed by atoms with Gasteiger partial charge in [0.25, 0.3) is 5.91 Å². The van der Waals surface area contributed by atoms with Crippen molar-refractivity contribution < 1.29 is 19.2 Å². The Hall–Kier alpha value is -1.44. The third-order valence-corrected chi connectivity index (χ3v) is 5.04. The topological polar surface area (TPSA) is 79.0 Å². The van der Waals surface area contributed by atoms with E-state index in [2.05, 4.69) is 10.1 Å². The number of nitrogens with zero attached hydrogens (tertiary/aromatic N) is 3. The second kappa shape index (κ2) is 7.63. The van der Waals surface area contributed by atoms with Crippen molar-refractivity contribution in [3.8, 4) is 0 Å². The van der Waals surface area contributed by atoms with Crippen molar-refractivity contribution in [3.05, 3.63) is 17.0 Å². The SMILES string of the molecule is Cc1noc(C)c1C(=O)N1C[C@@H](CN2CCOCC2)C[C@H](CO)C1. The number of ether oxygens (including phenoxy) is 1. The van der Waals surface area contributed by atoms with Gasteiger partial charge in [-0.2, -0.15) is 0 Å². The van der Waals surface area contributed by atoms with Crippen molar-refractivity contribution in [2.45, 2.75) is 20.3 Å². The molecule has 3 rings (SSSR count). The summed E-state index contributed by atoms with van der Waals surface area (Å²) in [6, 6.07) is 0. The Morgan fingerprint density at radius 2 is 1.96 bits per heavy atom. The van der Waals surface area contributed by atoms with E-state index in [4.69, 9.17) is 9.26 Å². The fourth-order valence-corrected chi connectivity index (χ4v) is 3.84. The van der Waals surface area contributed by atoms with Crippen LogP contribution in [0.15, 0.2) is 4.52 Å². The average Bonchev–Trinajstić information content (AvgIpc) is 2.93. The molecule has 7 heteroatoms. The summed E-state index contributed by atoms with van der Waals surface area (Å²) in [5.74, 6) is 1.04. The number of carbonyl (C=O) groups excluding carboxylic acids is 1. The Kier molecular flexibility index (Phi) is 5.53. The van der Waals surface area contributed by atoms with Crippen LogP contribution in [0.25, 0.3) is 0 Å². The largest absolute Gasteiger partial charge is 0.396 e. The van der Waals surface area contributed by atoms with Crippen LogP contribution in [0, 0.1) is 25.7 Å². The van der Waals surface area contributed by atoms with Crippen LogP contribution in [0.4, 0.5) is 0 Å². The summed E-state index contributed by atoms with van der Waals surface area (Å²) >= 11 is 0. The number of piperidine rings is 1. The van der Waals surface area contributed by atoms with E-state index in [0.717, 1.165) is 45.8 Å². The maximum Gasteiger partial charge on any atom is 0.259 e. The van der Waals surface area contributed by atoms with E-state index >= 15 is 0 Å². The van der Waals surface area contributed by atoms with Gasteiger partial charge in [-0.25, -0.2) is 0 Å². The number of aliphatic hydroxyl groups is 1. The van der Waals surface area contributed by atoms with Crippen molar-refractivity contribution in [1.29, 1.82) is 0 Å². The van der Waals surface area contributed by atoms with Crippen LogP contribution in [0.1, 0.15) is 28.2 Å². The minimum absolute atomic E-state index is 0.0311. The molecule has 24 heavy (non-hydrogen) atoms. The molecular weight excluding hydrogens is 310 g/mol. The maximum absolute atomic E-state index is 12.9. The zero-order valence-corrected chi connectivity index (χ0v) is 14.5. The Labute approximate surface area is 142 Å². The molecule has 0 aromatic carbocycles. The summed E-state index contributed by atoms with van der Waals surface area (Å²) in [5.41, 5.74) is 1.20. The fourth-order valence-electron chi connectivity index (χ4n) is 3.84. The molecule has 1 amide bonds. The molecule has 2 saturated heterocycles. The van der Waals surface area contributed by atoms with E-state index in [1.54, 1.807) is 13.8 Å². The Morgan fingerprint density at radius 3 is 2.58 bits per heavy atom. The first kappa shape index (κ1) is 17.4. The van der Waals surface area contributed by atoms with Crippen molar-refractivity contribution in [2.75, 3.05) is 52.5 Å². The second-order valence-electron chi connectivity index (χ2n) is 6.97. The number of hydrogen-bond acceptors (Lipinski definition) is 6. The zero-order chi connectivity index (χ0) is 17.1. The van der Waals surface area contributed by atoms with E-state index in [-0.39, 0.29) is 18.4 Å². The summed E-state index contributed by atoms with van der Waals surface area (Å²) in [4.78, 5) is 17.2. The number of hydrogen-bond donors (Lipinski definition) is 1. The van der Waals surface area contributed by atoms with Crippen molar-refractivity contribution in [3.63, 3.8) is 0 Å². The smallest absolute Gasteiger partial charge is 0.259 e. The van der Waals surface area contributed by atoms with Gasteiger partial charge >= 0.3 is 0 Å². The predicted octanol–water partition coefficient (Wildman–Crippen LogP) is 0.694. The van der Waals surface area contributed by atoms with Crippen LogP contribution in [-0.4, -0.2) is 78.5 Å². The Bertz CT molecular complexity index is 549. The summed E-state index contributed by atoms with van der Waals surface area (Å²) in [6.07, 6.45) is 0.958. The van der Waals surface area contributed by atoms with Crippen LogP contribution in [0.5, 0.6) is 0 Å². The number of aryl methyl sites for hydroxylation is 2. The molecule has 3 heterocycles. The standard InChI is InChI=1S/C17H27N3O4/c1-12-16(13(2)24-18-12)17(22)20-9-14(7-15(10-20)11-21)8-19-3-5-23-6-4-19/h14-15,21H,3-11H2,1-2H3/t14-,15+/m1/s1. The van der Waals surface area contributed by atoms with Gasteiger partial charge in [0.05, 0.1) is 18.9 Å². The van der Waals surface area contributed by atoms with E-state index in [9.17, 15) is 9.90 Å². The molecule has 2 aliphatic rings. The number of morpholine rings is 1. The molecule has 0 radical (unpaired) electrons. The number of amides is 1. The Morgan fingerprint density at radius 1 is 1.25 bits per heavy atom. The molecule has 7 nitrogen and oxygen atoms in total. The van der Waals surface area contributed by atoms with Crippen LogP contribution >= 0.6 is 0 Å². The summed E-state index contributed by atoms with van der Waals surface area (Å²) in [5, 5.41) is 13.5. The third kappa shape index (κ3) is 3.79. The van der Waals surface area contributed by atoms with Crippen LogP contribution < -0.4 is 0 Å². The van der Waals surface area contributed by atoms with Gasteiger partial charge in [-0.05, 0) is 32.1 Å². The van der Waals surface area contributed by atoms with Gasteiger partial charge in [0, 0.05) is 39.3 Å². The first-order valence-corrected chi connectivity index (χ1v) is 8.71. The lowest BCUT2D eigenvalue weighted by Crippen LogP contribution is -2.49. The third-order valence-electron chi connectivity index (χ3n) is 5.04. The predicted molar refractivity (Wildman–Crippen MR) is 87.8 cm³/mol. The van der Waals surface area contributed by atoms with Crippen molar-refractivity contribution >= 4 is 5.91 Å². The quantitative estimate of drug-likeness (QED) is 0.871. The average molecular weight is 337 g/mol. The number of rotatable bonds is 4. The molecule has 1 aromatic heterocycles. The lowest BCUT2D eigenvalue weighted by molar-refractivity contribution is 0.0129. The molecule has 0 aliphatic carbocycles. The van der Waals surface area contributed by atoms with Gasteiger partial charge in [-0.1, -0.05) is 5.16 Å². The first-order chi connectivity index (χ1) is 11.6. The summed E-state index contributed by atoms with van der Waals surface area (Å²) < 4.78 is 10.5. The highest BCUT2D eigenvalue weighted by atomic mass is 16.5. The highest BCUT2D eigenvalue weighted by Crippen LogP contribution is 2.26. The molecule has 2 aliphatic heterocycles. The molecule has 2 atom stereocenters. The number of aliphatic hydroxyl groups excluding tert-OH is 1. The lowest BCUT2D eigenvalue weighted by atomic mass is 9.88.